The minimum atomic E-state index is -0.353. The predicted octanol–water partition coefficient (Wildman–Crippen LogP) is 3.91. The highest BCUT2D eigenvalue weighted by Gasteiger charge is 2.13. The molecule has 0 radical (unpaired) electrons. The molecule has 0 saturated heterocycles. The summed E-state index contributed by atoms with van der Waals surface area (Å²) in [6.45, 7) is 0.202. The zero-order chi connectivity index (χ0) is 18.6. The van der Waals surface area contributed by atoms with Gasteiger partial charge in [0, 0.05) is 23.7 Å². The summed E-state index contributed by atoms with van der Waals surface area (Å²) in [6, 6.07) is 12.8. The SMILES string of the molecule is O=C(CCNC(=O)c1ccco1)Nc1nc(-c2cc3ccccc3o2)cs1. The van der Waals surface area contributed by atoms with E-state index < -0.39 is 0 Å². The van der Waals surface area contributed by atoms with Crippen molar-refractivity contribution >= 4 is 39.3 Å². The molecule has 2 amide bonds. The number of nitrogens with zero attached hydrogens (tertiary/aromatic N) is 1. The first-order valence-corrected chi connectivity index (χ1v) is 9.13. The minimum absolute atomic E-state index is 0.131. The van der Waals surface area contributed by atoms with E-state index in [0.29, 0.717) is 16.6 Å². The Kier molecular flexibility index (Phi) is 4.71. The molecule has 3 heterocycles. The number of fused-ring (bicyclic) bond motifs is 1. The first-order valence-electron chi connectivity index (χ1n) is 8.25. The van der Waals surface area contributed by atoms with Gasteiger partial charge >= 0.3 is 0 Å². The average molecular weight is 381 g/mol. The molecule has 4 rings (SSSR count). The summed E-state index contributed by atoms with van der Waals surface area (Å²) in [5.41, 5.74) is 1.45. The highest BCUT2D eigenvalue weighted by atomic mass is 32.1. The van der Waals surface area contributed by atoms with Gasteiger partial charge in [0.15, 0.2) is 16.7 Å². The van der Waals surface area contributed by atoms with Crippen LogP contribution in [-0.4, -0.2) is 23.3 Å². The Morgan fingerprint density at radius 1 is 1.15 bits per heavy atom. The average Bonchev–Trinajstić information content (AvgIpc) is 3.41. The van der Waals surface area contributed by atoms with E-state index >= 15 is 0 Å². The minimum Gasteiger partial charge on any atom is -0.459 e. The fourth-order valence-corrected chi connectivity index (χ4v) is 3.23. The largest absolute Gasteiger partial charge is 0.459 e. The standard InChI is InChI=1S/C19H15N3O4S/c23-17(7-8-20-18(24)15-6-3-9-25-15)22-19-21-13(11-27-19)16-10-12-4-1-2-5-14(12)26-16/h1-6,9-11H,7-8H2,(H,20,24)(H,21,22,23). The van der Waals surface area contributed by atoms with Crippen LogP contribution >= 0.6 is 11.3 Å². The lowest BCUT2D eigenvalue weighted by Crippen LogP contribution is -2.27. The first-order chi connectivity index (χ1) is 13.2. The Bertz CT molecular complexity index is 1050. The molecule has 0 fully saturated rings. The summed E-state index contributed by atoms with van der Waals surface area (Å²) in [6.07, 6.45) is 1.55. The van der Waals surface area contributed by atoms with E-state index in [-0.39, 0.29) is 30.5 Å². The molecule has 0 aliphatic rings. The third kappa shape index (κ3) is 3.90. The van der Waals surface area contributed by atoms with Crippen molar-refractivity contribution in [3.63, 3.8) is 0 Å². The molecular weight excluding hydrogens is 366 g/mol. The summed E-state index contributed by atoms with van der Waals surface area (Å²) in [7, 11) is 0. The zero-order valence-corrected chi connectivity index (χ0v) is 14.9. The van der Waals surface area contributed by atoms with Crippen LogP contribution in [-0.2, 0) is 4.79 Å². The van der Waals surface area contributed by atoms with Crippen LogP contribution in [0.1, 0.15) is 17.0 Å². The summed E-state index contributed by atoms with van der Waals surface area (Å²) in [4.78, 5) is 28.1. The van der Waals surface area contributed by atoms with Crippen molar-refractivity contribution in [1.29, 1.82) is 0 Å². The van der Waals surface area contributed by atoms with E-state index in [9.17, 15) is 9.59 Å². The van der Waals surface area contributed by atoms with E-state index in [1.165, 1.54) is 17.6 Å². The topological polar surface area (TPSA) is 97.4 Å². The van der Waals surface area contributed by atoms with Crippen molar-refractivity contribution in [1.82, 2.24) is 10.3 Å². The molecule has 136 valence electrons. The Morgan fingerprint density at radius 2 is 2.04 bits per heavy atom. The Labute approximate surface area is 158 Å². The van der Waals surface area contributed by atoms with Gasteiger partial charge in [-0.3, -0.25) is 9.59 Å². The third-order valence-corrected chi connectivity index (χ3v) is 4.57. The maximum absolute atomic E-state index is 12.0. The Hall–Kier alpha value is -3.39. The van der Waals surface area contributed by atoms with Crippen molar-refractivity contribution in [3.05, 3.63) is 59.9 Å². The molecule has 0 bridgehead atoms. The van der Waals surface area contributed by atoms with Crippen LogP contribution in [0, 0.1) is 0 Å². The third-order valence-electron chi connectivity index (χ3n) is 3.81. The summed E-state index contributed by atoms with van der Waals surface area (Å²) in [5, 5.41) is 8.65. The van der Waals surface area contributed by atoms with Crippen LogP contribution in [0.2, 0.25) is 0 Å². The van der Waals surface area contributed by atoms with Crippen molar-refractivity contribution in [3.8, 4) is 11.5 Å². The van der Waals surface area contributed by atoms with Crippen LogP contribution in [0.5, 0.6) is 0 Å². The molecule has 0 atom stereocenters. The Balaban J connectivity index is 1.32. The Morgan fingerprint density at radius 3 is 2.85 bits per heavy atom. The van der Waals surface area contributed by atoms with E-state index in [1.807, 2.05) is 35.7 Å². The maximum Gasteiger partial charge on any atom is 0.286 e. The van der Waals surface area contributed by atoms with Gasteiger partial charge in [0.1, 0.15) is 11.3 Å². The smallest absolute Gasteiger partial charge is 0.286 e. The van der Waals surface area contributed by atoms with Gasteiger partial charge in [-0.15, -0.1) is 11.3 Å². The molecule has 7 nitrogen and oxygen atoms in total. The lowest BCUT2D eigenvalue weighted by molar-refractivity contribution is -0.116. The van der Waals surface area contributed by atoms with Crippen LogP contribution in [0.3, 0.4) is 0 Å². The van der Waals surface area contributed by atoms with Crippen molar-refractivity contribution in [2.45, 2.75) is 6.42 Å². The van der Waals surface area contributed by atoms with Crippen molar-refractivity contribution in [2.24, 2.45) is 0 Å². The number of benzene rings is 1. The first kappa shape index (κ1) is 17.0. The molecule has 0 saturated carbocycles. The number of amides is 2. The van der Waals surface area contributed by atoms with Gasteiger partial charge in [0.05, 0.1) is 6.26 Å². The summed E-state index contributed by atoms with van der Waals surface area (Å²) in [5.74, 6) is 0.277. The number of nitrogens with one attached hydrogen (secondary N) is 2. The molecule has 2 N–H and O–H groups in total. The number of carbonyl (C=O) groups excluding carboxylic acids is 2. The van der Waals surface area contributed by atoms with Gasteiger partial charge in [0.2, 0.25) is 5.91 Å². The molecular formula is C19H15N3O4S. The van der Waals surface area contributed by atoms with Gasteiger partial charge in [-0.2, -0.15) is 0 Å². The second-order valence-electron chi connectivity index (χ2n) is 5.72. The number of thiazole rings is 1. The molecule has 0 spiro atoms. The van der Waals surface area contributed by atoms with E-state index in [1.54, 1.807) is 12.1 Å². The highest BCUT2D eigenvalue weighted by molar-refractivity contribution is 7.14. The molecule has 4 aromatic rings. The van der Waals surface area contributed by atoms with Crippen LogP contribution in [0.4, 0.5) is 5.13 Å². The highest BCUT2D eigenvalue weighted by Crippen LogP contribution is 2.30. The molecule has 27 heavy (non-hydrogen) atoms. The lowest BCUT2D eigenvalue weighted by atomic mass is 10.2. The number of hydrogen-bond acceptors (Lipinski definition) is 6. The number of hydrogen-bond donors (Lipinski definition) is 2. The van der Waals surface area contributed by atoms with Gasteiger partial charge in [0.25, 0.3) is 5.91 Å². The summed E-state index contributed by atoms with van der Waals surface area (Å²) >= 11 is 1.32. The molecule has 0 unspecified atom stereocenters. The fourth-order valence-electron chi connectivity index (χ4n) is 2.52. The zero-order valence-electron chi connectivity index (χ0n) is 14.1. The quantitative estimate of drug-likeness (QED) is 0.528. The molecule has 0 aliphatic carbocycles. The molecule has 8 heteroatoms. The van der Waals surface area contributed by atoms with Gasteiger partial charge in [-0.25, -0.2) is 4.98 Å². The second-order valence-corrected chi connectivity index (χ2v) is 6.58. The molecule has 0 aliphatic heterocycles. The number of anilines is 1. The molecule has 3 aromatic heterocycles. The number of para-hydroxylation sites is 1. The van der Waals surface area contributed by atoms with Crippen LogP contribution in [0.15, 0.2) is 62.9 Å². The monoisotopic (exact) mass is 381 g/mol. The van der Waals surface area contributed by atoms with E-state index in [0.717, 1.165) is 11.0 Å². The van der Waals surface area contributed by atoms with Gasteiger partial charge < -0.3 is 19.5 Å². The maximum atomic E-state index is 12.0. The molecule has 1 aromatic carbocycles. The van der Waals surface area contributed by atoms with Crippen LogP contribution < -0.4 is 10.6 Å². The van der Waals surface area contributed by atoms with Gasteiger partial charge in [-0.05, 0) is 24.3 Å². The van der Waals surface area contributed by atoms with E-state index in [4.69, 9.17) is 8.83 Å². The lowest BCUT2D eigenvalue weighted by Gasteiger charge is -2.03. The van der Waals surface area contributed by atoms with Crippen LogP contribution in [0.25, 0.3) is 22.4 Å². The number of carbonyl (C=O) groups is 2. The number of rotatable bonds is 6. The second kappa shape index (κ2) is 7.46. The number of furan rings is 2. The van der Waals surface area contributed by atoms with Crippen molar-refractivity contribution < 1.29 is 18.4 Å². The normalized spacial score (nSPS) is 10.8. The fraction of sp³-hybridized carbons (Fsp3) is 0.105. The van der Waals surface area contributed by atoms with E-state index in [2.05, 4.69) is 15.6 Å². The predicted molar refractivity (Wildman–Crippen MR) is 102 cm³/mol. The van der Waals surface area contributed by atoms with Crippen molar-refractivity contribution in [2.75, 3.05) is 11.9 Å². The van der Waals surface area contributed by atoms with Gasteiger partial charge in [-0.1, -0.05) is 18.2 Å². The number of aromatic nitrogens is 1. The summed E-state index contributed by atoms with van der Waals surface area (Å²) < 4.78 is 10.8.